The number of hydrogen-bond acceptors (Lipinski definition) is 6. The van der Waals surface area contributed by atoms with Crippen molar-refractivity contribution >= 4 is 11.3 Å². The van der Waals surface area contributed by atoms with E-state index >= 15 is 0 Å². The van der Waals surface area contributed by atoms with Crippen LogP contribution in [0.3, 0.4) is 0 Å². The number of hydrogen-bond donors (Lipinski definition) is 2. The number of aromatic nitrogens is 2. The molecule has 0 amide bonds. The van der Waals surface area contributed by atoms with E-state index in [1.54, 1.807) is 39.7 Å². The van der Waals surface area contributed by atoms with Crippen molar-refractivity contribution in [3.05, 3.63) is 53.6 Å². The first-order valence-corrected chi connectivity index (χ1v) is 8.22. The van der Waals surface area contributed by atoms with Crippen molar-refractivity contribution in [3.63, 3.8) is 0 Å². The van der Waals surface area contributed by atoms with E-state index in [2.05, 4.69) is 33.3 Å². The Labute approximate surface area is 152 Å². The standard InChI is InChI=1S/C19H22N4O3/c1-24-15-9-13(10-16(25-2)18(15)26-3)17(23-20)14-11-21-19(22-14)12-7-5-4-6-8-12/h5,7-11H,4,6,20H2,1-3H3,(H,21,22). The number of ether oxygens (including phenoxy) is 3. The van der Waals surface area contributed by atoms with Crippen molar-refractivity contribution < 1.29 is 14.2 Å². The molecule has 7 nitrogen and oxygen atoms in total. The first-order chi connectivity index (χ1) is 12.7. The molecule has 1 aromatic carbocycles. The van der Waals surface area contributed by atoms with Gasteiger partial charge in [-0.3, -0.25) is 0 Å². The van der Waals surface area contributed by atoms with Crippen LogP contribution in [0.15, 0.2) is 41.7 Å². The average molecular weight is 354 g/mol. The summed E-state index contributed by atoms with van der Waals surface area (Å²) in [6, 6.07) is 3.60. The van der Waals surface area contributed by atoms with Crippen LogP contribution in [-0.4, -0.2) is 37.0 Å². The molecule has 1 aliphatic carbocycles. The van der Waals surface area contributed by atoms with Gasteiger partial charge in [-0.1, -0.05) is 18.2 Å². The number of allylic oxidation sites excluding steroid dienone is 4. The lowest BCUT2D eigenvalue weighted by Gasteiger charge is -2.14. The van der Waals surface area contributed by atoms with Crippen LogP contribution in [0.25, 0.3) is 5.57 Å². The third-order valence-corrected chi connectivity index (χ3v) is 4.17. The predicted octanol–water partition coefficient (Wildman–Crippen LogP) is 2.88. The van der Waals surface area contributed by atoms with Crippen molar-refractivity contribution in [1.29, 1.82) is 0 Å². The minimum Gasteiger partial charge on any atom is -0.493 e. The zero-order chi connectivity index (χ0) is 18.5. The Kier molecular flexibility index (Phi) is 5.26. The van der Waals surface area contributed by atoms with Gasteiger partial charge >= 0.3 is 0 Å². The lowest BCUT2D eigenvalue weighted by molar-refractivity contribution is 0.324. The van der Waals surface area contributed by atoms with Crippen LogP contribution in [0.4, 0.5) is 0 Å². The number of aromatic amines is 1. The molecule has 0 atom stereocenters. The number of H-pyrrole nitrogens is 1. The summed E-state index contributed by atoms with van der Waals surface area (Å²) < 4.78 is 16.2. The molecule has 3 N–H and O–H groups in total. The molecule has 0 bridgehead atoms. The third-order valence-electron chi connectivity index (χ3n) is 4.17. The lowest BCUT2D eigenvalue weighted by Crippen LogP contribution is -2.08. The van der Waals surface area contributed by atoms with Gasteiger partial charge in [0, 0.05) is 11.1 Å². The maximum absolute atomic E-state index is 5.68. The number of imidazole rings is 1. The highest BCUT2D eigenvalue weighted by Crippen LogP contribution is 2.38. The first-order valence-electron chi connectivity index (χ1n) is 8.22. The number of benzene rings is 1. The minimum atomic E-state index is 0.512. The number of rotatable bonds is 6. The minimum absolute atomic E-state index is 0.512. The molecule has 7 heteroatoms. The van der Waals surface area contributed by atoms with E-state index in [0.717, 1.165) is 29.8 Å². The number of nitrogens with two attached hydrogens (primary N) is 1. The molecule has 136 valence electrons. The number of nitrogens with one attached hydrogen (secondary N) is 1. The highest BCUT2D eigenvalue weighted by atomic mass is 16.5. The number of methoxy groups -OCH3 is 3. The van der Waals surface area contributed by atoms with Crippen molar-refractivity contribution in [3.8, 4) is 17.2 Å². The van der Waals surface area contributed by atoms with Crippen LogP contribution < -0.4 is 20.1 Å². The van der Waals surface area contributed by atoms with Gasteiger partial charge in [0.05, 0.1) is 33.2 Å². The Morgan fingerprint density at radius 2 is 1.85 bits per heavy atom. The van der Waals surface area contributed by atoms with Crippen LogP contribution in [0, 0.1) is 0 Å². The van der Waals surface area contributed by atoms with Crippen LogP contribution >= 0.6 is 0 Å². The molecule has 2 aromatic rings. The Morgan fingerprint density at radius 1 is 1.12 bits per heavy atom. The summed E-state index contributed by atoms with van der Waals surface area (Å²) in [6.45, 7) is 0. The van der Waals surface area contributed by atoms with Crippen LogP contribution in [-0.2, 0) is 0 Å². The molecular formula is C19H22N4O3. The van der Waals surface area contributed by atoms with Crippen LogP contribution in [0.2, 0.25) is 0 Å². The highest BCUT2D eigenvalue weighted by Gasteiger charge is 2.18. The summed E-state index contributed by atoms with van der Waals surface area (Å²) in [5.41, 5.74) is 3.04. The molecule has 0 aliphatic heterocycles. The molecular weight excluding hydrogens is 332 g/mol. The second-order valence-corrected chi connectivity index (χ2v) is 5.68. The molecule has 0 fully saturated rings. The summed E-state index contributed by atoms with van der Waals surface area (Å²) in [7, 11) is 4.69. The Balaban J connectivity index is 2.01. The fourth-order valence-corrected chi connectivity index (χ4v) is 2.89. The Morgan fingerprint density at radius 3 is 2.38 bits per heavy atom. The summed E-state index contributed by atoms with van der Waals surface area (Å²) in [4.78, 5) is 7.74. The maximum atomic E-state index is 5.68. The Hall–Kier alpha value is -3.22. The van der Waals surface area contributed by atoms with E-state index in [1.165, 1.54) is 0 Å². The van der Waals surface area contributed by atoms with Gasteiger partial charge in [0.1, 0.15) is 11.5 Å². The quantitative estimate of drug-likeness (QED) is 0.472. The molecule has 1 aliphatic rings. The monoisotopic (exact) mass is 354 g/mol. The fourth-order valence-electron chi connectivity index (χ4n) is 2.89. The highest BCUT2D eigenvalue weighted by molar-refractivity contribution is 6.12. The van der Waals surface area contributed by atoms with E-state index in [0.29, 0.717) is 28.7 Å². The van der Waals surface area contributed by atoms with Gasteiger partial charge in [-0.2, -0.15) is 5.10 Å². The Bertz CT molecular complexity index is 856. The largest absolute Gasteiger partial charge is 0.493 e. The zero-order valence-electron chi connectivity index (χ0n) is 15.1. The van der Waals surface area contributed by atoms with E-state index in [1.807, 2.05) is 0 Å². The molecule has 0 saturated heterocycles. The van der Waals surface area contributed by atoms with Gasteiger partial charge in [-0.25, -0.2) is 4.98 Å². The smallest absolute Gasteiger partial charge is 0.203 e. The summed E-state index contributed by atoms with van der Waals surface area (Å²) in [5.74, 6) is 8.03. The van der Waals surface area contributed by atoms with Gasteiger partial charge in [-0.15, -0.1) is 0 Å². The van der Waals surface area contributed by atoms with Gasteiger partial charge < -0.3 is 25.0 Å². The molecule has 0 unspecified atom stereocenters. The average Bonchev–Trinajstić information content (AvgIpc) is 3.18. The fraction of sp³-hybridized carbons (Fsp3) is 0.263. The second-order valence-electron chi connectivity index (χ2n) is 5.68. The molecule has 1 aromatic heterocycles. The van der Waals surface area contributed by atoms with Crippen molar-refractivity contribution in [2.45, 2.75) is 12.8 Å². The third kappa shape index (κ3) is 3.28. The van der Waals surface area contributed by atoms with Gasteiger partial charge in [0.25, 0.3) is 0 Å². The summed E-state index contributed by atoms with van der Waals surface area (Å²) in [6.07, 6.45) is 10.1. The van der Waals surface area contributed by atoms with E-state index in [-0.39, 0.29) is 0 Å². The van der Waals surface area contributed by atoms with Crippen LogP contribution in [0.1, 0.15) is 29.9 Å². The van der Waals surface area contributed by atoms with Gasteiger partial charge in [0.15, 0.2) is 11.5 Å². The lowest BCUT2D eigenvalue weighted by atomic mass is 10.1. The van der Waals surface area contributed by atoms with E-state index in [4.69, 9.17) is 20.1 Å². The van der Waals surface area contributed by atoms with E-state index in [9.17, 15) is 0 Å². The first kappa shape index (κ1) is 17.6. The zero-order valence-corrected chi connectivity index (χ0v) is 15.1. The molecule has 26 heavy (non-hydrogen) atoms. The molecule has 3 rings (SSSR count). The normalized spacial score (nSPS) is 14.1. The topological polar surface area (TPSA) is 94.8 Å². The molecule has 0 saturated carbocycles. The number of nitrogens with zero attached hydrogens (tertiary/aromatic N) is 2. The van der Waals surface area contributed by atoms with Crippen molar-refractivity contribution in [2.75, 3.05) is 21.3 Å². The maximum Gasteiger partial charge on any atom is 0.203 e. The molecule has 0 spiro atoms. The number of hydrazone groups is 1. The second kappa shape index (κ2) is 7.77. The molecule has 1 heterocycles. The van der Waals surface area contributed by atoms with Crippen LogP contribution in [0.5, 0.6) is 17.2 Å². The van der Waals surface area contributed by atoms with E-state index < -0.39 is 0 Å². The summed E-state index contributed by atoms with van der Waals surface area (Å²) in [5, 5.41) is 3.95. The van der Waals surface area contributed by atoms with Gasteiger partial charge in [-0.05, 0) is 25.0 Å². The predicted molar refractivity (Wildman–Crippen MR) is 101 cm³/mol. The molecule has 0 radical (unpaired) electrons. The SMILES string of the molecule is COc1cc(C(=NN)c2cnc(C3=CCCC=C3)[nH]2)cc(OC)c1OC. The summed E-state index contributed by atoms with van der Waals surface area (Å²) >= 11 is 0. The van der Waals surface area contributed by atoms with Gasteiger partial charge in [0.2, 0.25) is 5.75 Å². The van der Waals surface area contributed by atoms with Crippen molar-refractivity contribution in [1.82, 2.24) is 9.97 Å². The van der Waals surface area contributed by atoms with Crippen molar-refractivity contribution in [2.24, 2.45) is 10.9 Å².